The SMILES string of the molecule is C.CC.CC.CC(=O)C1CCC(CC(=O)CC2CCCCC2)CC1. The molecule has 0 aliphatic heterocycles. The van der Waals surface area contributed by atoms with Crippen LogP contribution in [0.2, 0.25) is 0 Å². The van der Waals surface area contributed by atoms with Crippen LogP contribution in [0, 0.1) is 17.8 Å². The van der Waals surface area contributed by atoms with Crippen molar-refractivity contribution in [2.24, 2.45) is 17.8 Å². The van der Waals surface area contributed by atoms with Crippen molar-refractivity contribution in [3.63, 3.8) is 0 Å². The fourth-order valence-electron chi connectivity index (χ4n) is 3.89. The summed E-state index contributed by atoms with van der Waals surface area (Å²) in [7, 11) is 0. The Kier molecular flexibility index (Phi) is 16.9. The zero-order chi connectivity index (χ0) is 17.7. The first-order valence-electron chi connectivity index (χ1n) is 10.2. The summed E-state index contributed by atoms with van der Waals surface area (Å²) in [6, 6.07) is 0. The van der Waals surface area contributed by atoms with E-state index in [9.17, 15) is 9.59 Å². The van der Waals surface area contributed by atoms with Crippen LogP contribution < -0.4 is 0 Å². The van der Waals surface area contributed by atoms with Crippen molar-refractivity contribution in [1.82, 2.24) is 0 Å². The number of rotatable bonds is 5. The van der Waals surface area contributed by atoms with Crippen LogP contribution in [-0.2, 0) is 9.59 Å². The van der Waals surface area contributed by atoms with Crippen LogP contribution >= 0.6 is 0 Å². The van der Waals surface area contributed by atoms with Gasteiger partial charge in [0.25, 0.3) is 0 Å². The van der Waals surface area contributed by atoms with Gasteiger partial charge in [0, 0.05) is 18.8 Å². The fourth-order valence-corrected chi connectivity index (χ4v) is 3.89. The molecule has 0 spiro atoms. The highest BCUT2D eigenvalue weighted by atomic mass is 16.1. The highest BCUT2D eigenvalue weighted by Gasteiger charge is 2.26. The maximum atomic E-state index is 12.1. The third-order valence-corrected chi connectivity index (χ3v) is 5.18. The molecule has 2 fully saturated rings. The van der Waals surface area contributed by atoms with Crippen LogP contribution in [0.4, 0.5) is 0 Å². The molecule has 0 amide bonds. The minimum atomic E-state index is 0. The molecule has 2 heteroatoms. The highest BCUT2D eigenvalue weighted by molar-refractivity contribution is 5.79. The molecule has 0 atom stereocenters. The third kappa shape index (κ3) is 10.3. The summed E-state index contributed by atoms with van der Waals surface area (Å²) in [5, 5.41) is 0. The van der Waals surface area contributed by atoms with E-state index in [2.05, 4.69) is 0 Å². The molecule has 2 nitrogen and oxygen atoms in total. The Bertz CT molecular complexity index is 308. The fraction of sp³-hybridized carbons (Fsp3) is 0.909. The van der Waals surface area contributed by atoms with Gasteiger partial charge >= 0.3 is 0 Å². The Labute approximate surface area is 152 Å². The Morgan fingerprint density at radius 3 is 1.54 bits per heavy atom. The largest absolute Gasteiger partial charge is 0.300 e. The molecule has 0 aromatic carbocycles. The molecule has 2 rings (SSSR count). The van der Waals surface area contributed by atoms with Crippen molar-refractivity contribution >= 4 is 11.6 Å². The number of carbonyl (C=O) groups is 2. The Hall–Kier alpha value is -0.660. The summed E-state index contributed by atoms with van der Waals surface area (Å²) in [5.41, 5.74) is 0. The van der Waals surface area contributed by atoms with Crippen molar-refractivity contribution in [3.05, 3.63) is 0 Å². The molecule has 0 aromatic rings. The summed E-state index contributed by atoms with van der Waals surface area (Å²) >= 11 is 0. The molecular formula is C22H44O2. The van der Waals surface area contributed by atoms with Gasteiger partial charge in [-0.1, -0.05) is 67.2 Å². The number of hydrogen-bond acceptors (Lipinski definition) is 2. The van der Waals surface area contributed by atoms with Gasteiger partial charge in [0.05, 0.1) is 0 Å². The smallest absolute Gasteiger partial charge is 0.133 e. The molecule has 144 valence electrons. The summed E-state index contributed by atoms with van der Waals surface area (Å²) < 4.78 is 0. The second kappa shape index (κ2) is 15.8. The molecule has 24 heavy (non-hydrogen) atoms. The summed E-state index contributed by atoms with van der Waals surface area (Å²) in [6.07, 6.45) is 12.3. The van der Waals surface area contributed by atoms with Crippen LogP contribution in [0.15, 0.2) is 0 Å². The second-order valence-corrected chi connectivity index (χ2v) is 6.78. The molecule has 0 aromatic heterocycles. The molecule has 2 aliphatic rings. The van der Waals surface area contributed by atoms with Gasteiger partial charge in [-0.15, -0.1) is 0 Å². The van der Waals surface area contributed by atoms with E-state index in [1.165, 1.54) is 32.1 Å². The lowest BCUT2D eigenvalue weighted by molar-refractivity contribution is -0.122. The van der Waals surface area contributed by atoms with E-state index < -0.39 is 0 Å². The van der Waals surface area contributed by atoms with Crippen molar-refractivity contribution in [1.29, 1.82) is 0 Å². The lowest BCUT2D eigenvalue weighted by atomic mass is 9.77. The summed E-state index contributed by atoms with van der Waals surface area (Å²) in [4.78, 5) is 23.5. The quantitative estimate of drug-likeness (QED) is 0.540. The van der Waals surface area contributed by atoms with E-state index in [1.807, 2.05) is 27.7 Å². The number of carbonyl (C=O) groups excluding carboxylic acids is 2. The van der Waals surface area contributed by atoms with Gasteiger partial charge in [-0.3, -0.25) is 9.59 Å². The van der Waals surface area contributed by atoms with Gasteiger partial charge in [-0.25, -0.2) is 0 Å². The van der Waals surface area contributed by atoms with Crippen LogP contribution in [0.3, 0.4) is 0 Å². The lowest BCUT2D eigenvalue weighted by Gasteiger charge is -2.27. The molecule has 2 aliphatic carbocycles. The molecule has 2 saturated carbocycles. The van der Waals surface area contributed by atoms with Gasteiger partial charge < -0.3 is 0 Å². The first-order valence-corrected chi connectivity index (χ1v) is 10.2. The van der Waals surface area contributed by atoms with Gasteiger partial charge in [0.1, 0.15) is 11.6 Å². The lowest BCUT2D eigenvalue weighted by Crippen LogP contribution is -2.22. The second-order valence-electron chi connectivity index (χ2n) is 6.78. The predicted octanol–water partition coefficient (Wildman–Crippen LogP) is 7.00. The molecule has 0 N–H and O–H groups in total. The zero-order valence-electron chi connectivity index (χ0n) is 16.3. The minimum absolute atomic E-state index is 0. The predicted molar refractivity (Wildman–Crippen MR) is 106 cm³/mol. The standard InChI is InChI=1S/C17H28O2.2C2H6.CH4/c1-13(18)16-9-7-15(8-10-16)12-17(19)11-14-5-3-2-4-6-14;2*1-2;/h14-16H,2-12H2,1H3;2*1-2H3;1H4. The number of Topliss-reactive ketones (excluding diaryl/α,β-unsaturated/α-hetero) is 2. The first-order chi connectivity index (χ1) is 11.1. The highest BCUT2D eigenvalue weighted by Crippen LogP contribution is 2.33. The normalized spacial score (nSPS) is 23.5. The van der Waals surface area contributed by atoms with Crippen LogP contribution in [0.25, 0.3) is 0 Å². The van der Waals surface area contributed by atoms with E-state index in [0.717, 1.165) is 38.5 Å². The molecule has 0 radical (unpaired) electrons. The maximum absolute atomic E-state index is 12.1. The third-order valence-electron chi connectivity index (χ3n) is 5.18. The van der Waals surface area contributed by atoms with Gasteiger partial charge in [-0.05, 0) is 44.4 Å². The Morgan fingerprint density at radius 1 is 0.708 bits per heavy atom. The number of hydrogen-bond donors (Lipinski definition) is 0. The van der Waals surface area contributed by atoms with Crippen molar-refractivity contribution in [3.8, 4) is 0 Å². The average Bonchev–Trinajstić information content (AvgIpc) is 2.60. The number of ketones is 2. The van der Waals surface area contributed by atoms with E-state index >= 15 is 0 Å². The van der Waals surface area contributed by atoms with E-state index in [4.69, 9.17) is 0 Å². The van der Waals surface area contributed by atoms with E-state index in [-0.39, 0.29) is 13.3 Å². The average molecular weight is 341 g/mol. The van der Waals surface area contributed by atoms with Gasteiger partial charge in [0.2, 0.25) is 0 Å². The summed E-state index contributed by atoms with van der Waals surface area (Å²) in [6.45, 7) is 9.71. The molecule has 0 saturated heterocycles. The molecular weight excluding hydrogens is 296 g/mol. The van der Waals surface area contributed by atoms with E-state index in [0.29, 0.717) is 23.4 Å². The maximum Gasteiger partial charge on any atom is 0.133 e. The van der Waals surface area contributed by atoms with Crippen LogP contribution in [0.5, 0.6) is 0 Å². The van der Waals surface area contributed by atoms with Crippen LogP contribution in [-0.4, -0.2) is 11.6 Å². The van der Waals surface area contributed by atoms with Gasteiger partial charge in [-0.2, -0.15) is 0 Å². The van der Waals surface area contributed by atoms with E-state index in [1.54, 1.807) is 6.92 Å². The topological polar surface area (TPSA) is 34.1 Å². The molecule has 0 heterocycles. The Balaban J connectivity index is 0. The Morgan fingerprint density at radius 2 is 1.12 bits per heavy atom. The van der Waals surface area contributed by atoms with Crippen LogP contribution in [0.1, 0.15) is 113 Å². The monoisotopic (exact) mass is 340 g/mol. The van der Waals surface area contributed by atoms with Crippen molar-refractivity contribution in [2.45, 2.75) is 113 Å². The van der Waals surface area contributed by atoms with Crippen molar-refractivity contribution in [2.75, 3.05) is 0 Å². The molecule has 0 unspecified atom stereocenters. The first kappa shape index (κ1) is 25.6. The minimum Gasteiger partial charge on any atom is -0.300 e. The zero-order valence-corrected chi connectivity index (χ0v) is 16.3. The van der Waals surface area contributed by atoms with Crippen molar-refractivity contribution < 1.29 is 9.59 Å². The molecule has 0 bridgehead atoms. The van der Waals surface area contributed by atoms with Gasteiger partial charge in [0.15, 0.2) is 0 Å². The summed E-state index contributed by atoms with van der Waals surface area (Å²) in [5.74, 6) is 2.34.